The first-order valence-electron chi connectivity index (χ1n) is 9.18. The lowest BCUT2D eigenvalue weighted by atomic mass is 9.96. The van der Waals surface area contributed by atoms with Crippen molar-refractivity contribution in [3.05, 3.63) is 65.5 Å². The van der Waals surface area contributed by atoms with Gasteiger partial charge in [-0.15, -0.1) is 10.2 Å². The fraction of sp³-hybridized carbons (Fsp3) is 0.286. The molecule has 0 aliphatic carbocycles. The number of para-hydroxylation sites is 1. The molecule has 0 fully saturated rings. The predicted molar refractivity (Wildman–Crippen MR) is 111 cm³/mol. The minimum Gasteiger partial charge on any atom is -0.398 e. The lowest BCUT2D eigenvalue weighted by Gasteiger charge is -2.11. The van der Waals surface area contributed by atoms with E-state index in [4.69, 9.17) is 10.8 Å². The van der Waals surface area contributed by atoms with Crippen molar-refractivity contribution in [3.63, 3.8) is 0 Å². The van der Waals surface area contributed by atoms with Gasteiger partial charge in [-0.2, -0.15) is 9.61 Å². The predicted octanol–water partition coefficient (Wildman–Crippen LogP) is 4.79. The van der Waals surface area contributed by atoms with Crippen LogP contribution in [0.3, 0.4) is 0 Å². The molecule has 0 aliphatic heterocycles. The molecule has 138 valence electrons. The molecule has 4 aromatic rings. The van der Waals surface area contributed by atoms with Crippen LogP contribution < -0.4 is 5.73 Å². The number of nitrogens with two attached hydrogens (primary N) is 1. The highest BCUT2D eigenvalue weighted by Crippen LogP contribution is 2.31. The van der Waals surface area contributed by atoms with Gasteiger partial charge in [-0.05, 0) is 35.6 Å². The van der Waals surface area contributed by atoms with E-state index in [0.29, 0.717) is 5.92 Å². The van der Waals surface area contributed by atoms with Crippen LogP contribution in [0.5, 0.6) is 0 Å². The highest BCUT2D eigenvalue weighted by atomic mass is 32.1. The van der Waals surface area contributed by atoms with E-state index in [2.05, 4.69) is 55.2 Å². The zero-order chi connectivity index (χ0) is 19.0. The fourth-order valence-corrected chi connectivity index (χ4v) is 4.16. The van der Waals surface area contributed by atoms with Crippen LogP contribution >= 0.6 is 11.3 Å². The second kappa shape index (κ2) is 7.12. The Bertz CT molecular complexity index is 1060. The van der Waals surface area contributed by atoms with Gasteiger partial charge in [-0.1, -0.05) is 68.5 Å². The summed E-state index contributed by atoms with van der Waals surface area (Å²) in [5, 5.41) is 14.3. The van der Waals surface area contributed by atoms with E-state index in [9.17, 15) is 0 Å². The van der Waals surface area contributed by atoms with E-state index in [0.717, 1.165) is 33.5 Å². The van der Waals surface area contributed by atoms with Gasteiger partial charge in [-0.25, -0.2) is 0 Å². The Morgan fingerprint density at radius 3 is 2.44 bits per heavy atom. The van der Waals surface area contributed by atoms with Crippen LogP contribution in [0.2, 0.25) is 0 Å². The van der Waals surface area contributed by atoms with Crippen LogP contribution in [-0.4, -0.2) is 19.8 Å². The molecule has 2 aromatic heterocycles. The highest BCUT2D eigenvalue weighted by Gasteiger charge is 2.20. The number of hydrogen-bond acceptors (Lipinski definition) is 5. The summed E-state index contributed by atoms with van der Waals surface area (Å²) >= 11 is 1.51. The Labute approximate surface area is 162 Å². The second-order valence-corrected chi connectivity index (χ2v) is 8.26. The lowest BCUT2D eigenvalue weighted by molar-refractivity contribution is 0.647. The van der Waals surface area contributed by atoms with Crippen molar-refractivity contribution in [2.24, 2.45) is 5.92 Å². The standard InChI is InChI=1S/C21H23N5S/c1-13(2)12-15-8-10-16(11-9-15)14(3)19-23-24-21-26(19)25-20(27-21)17-6-4-5-7-18(17)22/h4-11,13-14H,12,22H2,1-3H3. The Morgan fingerprint density at radius 1 is 1.00 bits per heavy atom. The smallest absolute Gasteiger partial charge is 0.235 e. The average molecular weight is 378 g/mol. The van der Waals surface area contributed by atoms with Crippen LogP contribution in [-0.2, 0) is 6.42 Å². The second-order valence-electron chi connectivity index (χ2n) is 7.31. The van der Waals surface area contributed by atoms with E-state index in [-0.39, 0.29) is 5.92 Å². The van der Waals surface area contributed by atoms with Gasteiger partial charge in [0.2, 0.25) is 4.96 Å². The molecule has 0 bridgehead atoms. The molecule has 0 spiro atoms. The van der Waals surface area contributed by atoms with Crippen molar-refractivity contribution in [1.82, 2.24) is 19.8 Å². The number of aromatic nitrogens is 4. The molecule has 0 radical (unpaired) electrons. The minimum atomic E-state index is 0.108. The van der Waals surface area contributed by atoms with Crippen LogP contribution in [0.1, 0.15) is 43.6 Å². The Kier molecular flexibility index (Phi) is 4.66. The number of fused-ring (bicyclic) bond motifs is 1. The highest BCUT2D eigenvalue weighted by molar-refractivity contribution is 7.19. The number of nitrogen functional groups attached to an aromatic ring is 1. The average Bonchev–Trinajstić information content (AvgIpc) is 3.22. The van der Waals surface area contributed by atoms with Gasteiger partial charge in [0, 0.05) is 17.2 Å². The maximum absolute atomic E-state index is 6.10. The molecule has 5 nitrogen and oxygen atoms in total. The zero-order valence-corrected chi connectivity index (χ0v) is 16.6. The maximum Gasteiger partial charge on any atom is 0.235 e. The van der Waals surface area contributed by atoms with Crippen molar-refractivity contribution in [1.29, 1.82) is 0 Å². The Hall–Kier alpha value is -2.73. The van der Waals surface area contributed by atoms with Gasteiger partial charge in [0.25, 0.3) is 0 Å². The van der Waals surface area contributed by atoms with Gasteiger partial charge in [0.1, 0.15) is 5.01 Å². The number of rotatable bonds is 5. The SMILES string of the molecule is CC(C)Cc1ccc(C(C)c2nnc3sc(-c4ccccc4N)nn23)cc1. The summed E-state index contributed by atoms with van der Waals surface area (Å²) in [6.07, 6.45) is 1.10. The summed E-state index contributed by atoms with van der Waals surface area (Å²) in [6, 6.07) is 16.6. The first kappa shape index (κ1) is 17.7. The molecule has 0 saturated carbocycles. The largest absolute Gasteiger partial charge is 0.398 e. The first-order chi connectivity index (χ1) is 13.0. The summed E-state index contributed by atoms with van der Waals surface area (Å²) < 4.78 is 1.85. The zero-order valence-electron chi connectivity index (χ0n) is 15.8. The van der Waals surface area contributed by atoms with E-state index in [1.165, 1.54) is 22.5 Å². The van der Waals surface area contributed by atoms with Crippen LogP contribution in [0.15, 0.2) is 48.5 Å². The molecule has 0 amide bonds. The van der Waals surface area contributed by atoms with E-state index < -0.39 is 0 Å². The summed E-state index contributed by atoms with van der Waals surface area (Å²) in [5.41, 5.74) is 10.3. The molecule has 2 aromatic carbocycles. The van der Waals surface area contributed by atoms with Crippen molar-refractivity contribution >= 4 is 22.0 Å². The number of nitrogens with zero attached hydrogens (tertiary/aromatic N) is 4. The van der Waals surface area contributed by atoms with Gasteiger partial charge in [0.15, 0.2) is 5.82 Å². The molecule has 1 atom stereocenters. The monoisotopic (exact) mass is 377 g/mol. The van der Waals surface area contributed by atoms with Gasteiger partial charge >= 0.3 is 0 Å². The normalized spacial score (nSPS) is 12.7. The molecule has 2 N–H and O–H groups in total. The van der Waals surface area contributed by atoms with Crippen molar-refractivity contribution in [3.8, 4) is 10.6 Å². The van der Waals surface area contributed by atoms with Crippen LogP contribution in [0, 0.1) is 5.92 Å². The summed E-state index contributed by atoms with van der Waals surface area (Å²) in [6.45, 7) is 6.62. The summed E-state index contributed by atoms with van der Waals surface area (Å²) in [4.78, 5) is 0.784. The molecule has 4 rings (SSSR count). The number of anilines is 1. The van der Waals surface area contributed by atoms with E-state index >= 15 is 0 Å². The minimum absolute atomic E-state index is 0.108. The van der Waals surface area contributed by atoms with Crippen LogP contribution in [0.4, 0.5) is 5.69 Å². The van der Waals surface area contributed by atoms with Crippen molar-refractivity contribution in [2.45, 2.75) is 33.1 Å². The third-order valence-corrected chi connectivity index (χ3v) is 5.65. The molecule has 1 unspecified atom stereocenters. The molecular weight excluding hydrogens is 354 g/mol. The third kappa shape index (κ3) is 3.45. The van der Waals surface area contributed by atoms with Gasteiger partial charge in [-0.3, -0.25) is 0 Å². The number of hydrogen-bond donors (Lipinski definition) is 1. The quantitative estimate of drug-likeness (QED) is 0.508. The number of benzene rings is 2. The van der Waals surface area contributed by atoms with Gasteiger partial charge in [0.05, 0.1) is 0 Å². The van der Waals surface area contributed by atoms with Crippen molar-refractivity contribution in [2.75, 3.05) is 5.73 Å². The van der Waals surface area contributed by atoms with Crippen molar-refractivity contribution < 1.29 is 0 Å². The Morgan fingerprint density at radius 2 is 1.74 bits per heavy atom. The first-order valence-corrected chi connectivity index (χ1v) is 10.0. The van der Waals surface area contributed by atoms with Crippen LogP contribution in [0.25, 0.3) is 15.5 Å². The van der Waals surface area contributed by atoms with E-state index in [1.807, 2.05) is 28.8 Å². The molecule has 0 saturated heterocycles. The molecular formula is C21H23N5S. The molecule has 0 aliphatic rings. The third-order valence-electron chi connectivity index (χ3n) is 4.72. The molecule has 6 heteroatoms. The molecule has 2 heterocycles. The topological polar surface area (TPSA) is 69.1 Å². The maximum atomic E-state index is 6.10. The fourth-order valence-electron chi connectivity index (χ4n) is 3.27. The van der Waals surface area contributed by atoms with Gasteiger partial charge < -0.3 is 5.73 Å². The summed E-state index contributed by atoms with van der Waals surface area (Å²) in [7, 11) is 0. The van der Waals surface area contributed by atoms with E-state index in [1.54, 1.807) is 0 Å². The Balaban J connectivity index is 1.66. The molecule has 27 heavy (non-hydrogen) atoms. The summed E-state index contributed by atoms with van der Waals surface area (Å²) in [5.74, 6) is 1.61. The lowest BCUT2D eigenvalue weighted by Crippen LogP contribution is -2.04.